The van der Waals surface area contributed by atoms with E-state index in [1.54, 1.807) is 0 Å². The largest absolute Gasteiger partial charge is 0.396 e. The van der Waals surface area contributed by atoms with Crippen LogP contribution in [-0.4, -0.2) is 62.2 Å². The molecule has 0 aromatic rings. The molecular formula is C15H32IN3O3. The SMILES string of the molecule is CCNC(=NCC(C)(C)CO)NCC1(CCO)CCOC1.I. The molecule has 1 fully saturated rings. The number of hydrogen-bond donors (Lipinski definition) is 4. The van der Waals surface area contributed by atoms with Gasteiger partial charge >= 0.3 is 0 Å². The molecule has 6 nitrogen and oxygen atoms in total. The Morgan fingerprint density at radius 1 is 1.32 bits per heavy atom. The summed E-state index contributed by atoms with van der Waals surface area (Å²) >= 11 is 0. The zero-order valence-corrected chi connectivity index (χ0v) is 16.4. The summed E-state index contributed by atoms with van der Waals surface area (Å²) in [7, 11) is 0. The van der Waals surface area contributed by atoms with E-state index in [-0.39, 0.29) is 48.0 Å². The molecule has 0 aromatic carbocycles. The minimum absolute atomic E-state index is 0. The molecule has 0 bridgehead atoms. The third-order valence-corrected chi connectivity index (χ3v) is 3.90. The van der Waals surface area contributed by atoms with Gasteiger partial charge in [-0.15, -0.1) is 24.0 Å². The molecule has 0 amide bonds. The number of guanidine groups is 1. The van der Waals surface area contributed by atoms with Crippen LogP contribution < -0.4 is 10.6 Å². The second kappa shape index (κ2) is 10.6. The van der Waals surface area contributed by atoms with Crippen molar-refractivity contribution in [2.45, 2.75) is 33.6 Å². The summed E-state index contributed by atoms with van der Waals surface area (Å²) in [5.74, 6) is 0.753. The van der Waals surface area contributed by atoms with E-state index in [1.807, 2.05) is 20.8 Å². The van der Waals surface area contributed by atoms with Crippen molar-refractivity contribution in [3.63, 3.8) is 0 Å². The monoisotopic (exact) mass is 429 g/mol. The Bertz CT molecular complexity index is 332. The molecule has 1 aliphatic rings. The van der Waals surface area contributed by atoms with Gasteiger partial charge in [-0.05, 0) is 19.8 Å². The summed E-state index contributed by atoms with van der Waals surface area (Å²) < 4.78 is 5.49. The fourth-order valence-electron chi connectivity index (χ4n) is 2.27. The maximum atomic E-state index is 9.30. The van der Waals surface area contributed by atoms with Crippen molar-refractivity contribution < 1.29 is 14.9 Å². The quantitative estimate of drug-likeness (QED) is 0.263. The van der Waals surface area contributed by atoms with Crippen LogP contribution in [0, 0.1) is 10.8 Å². The van der Waals surface area contributed by atoms with E-state index in [1.165, 1.54) is 0 Å². The number of halogens is 1. The van der Waals surface area contributed by atoms with Crippen LogP contribution in [0.2, 0.25) is 0 Å². The van der Waals surface area contributed by atoms with Crippen LogP contribution in [0.3, 0.4) is 0 Å². The van der Waals surface area contributed by atoms with E-state index in [4.69, 9.17) is 4.74 Å². The minimum atomic E-state index is -0.221. The number of ether oxygens (including phenoxy) is 1. The van der Waals surface area contributed by atoms with Gasteiger partial charge in [0, 0.05) is 43.7 Å². The first-order chi connectivity index (χ1) is 9.97. The van der Waals surface area contributed by atoms with Crippen molar-refractivity contribution in [3.05, 3.63) is 0 Å². The van der Waals surface area contributed by atoms with Crippen LogP contribution in [0.15, 0.2) is 4.99 Å². The topological polar surface area (TPSA) is 86.1 Å². The molecule has 0 radical (unpaired) electrons. The lowest BCUT2D eigenvalue weighted by molar-refractivity contribution is 0.127. The molecule has 0 spiro atoms. The Morgan fingerprint density at radius 2 is 2.05 bits per heavy atom. The van der Waals surface area contributed by atoms with Crippen LogP contribution in [0.4, 0.5) is 0 Å². The predicted molar refractivity (Wildman–Crippen MR) is 99.8 cm³/mol. The van der Waals surface area contributed by atoms with Gasteiger partial charge in [0.05, 0.1) is 13.2 Å². The highest BCUT2D eigenvalue weighted by atomic mass is 127. The second-order valence-corrected chi connectivity index (χ2v) is 6.65. The maximum Gasteiger partial charge on any atom is 0.191 e. The van der Waals surface area contributed by atoms with Crippen LogP contribution in [0.25, 0.3) is 0 Å². The molecule has 4 N–H and O–H groups in total. The fraction of sp³-hybridized carbons (Fsp3) is 0.933. The number of nitrogens with zero attached hydrogens (tertiary/aromatic N) is 1. The third-order valence-electron chi connectivity index (χ3n) is 3.90. The van der Waals surface area contributed by atoms with Gasteiger partial charge in [0.25, 0.3) is 0 Å². The normalized spacial score (nSPS) is 22.3. The van der Waals surface area contributed by atoms with Crippen molar-refractivity contribution in [2.75, 3.05) is 46.1 Å². The summed E-state index contributed by atoms with van der Waals surface area (Å²) in [6.45, 7) is 9.80. The molecule has 0 saturated carbocycles. The van der Waals surface area contributed by atoms with Crippen molar-refractivity contribution in [1.82, 2.24) is 10.6 Å². The molecule has 7 heteroatoms. The molecule has 0 aromatic heterocycles. The number of nitrogens with one attached hydrogen (secondary N) is 2. The second-order valence-electron chi connectivity index (χ2n) is 6.65. The average Bonchev–Trinajstić information content (AvgIpc) is 2.91. The van der Waals surface area contributed by atoms with Gasteiger partial charge in [-0.2, -0.15) is 0 Å². The van der Waals surface area contributed by atoms with Crippen molar-refractivity contribution >= 4 is 29.9 Å². The summed E-state index contributed by atoms with van der Waals surface area (Å²) in [6, 6.07) is 0. The molecule has 22 heavy (non-hydrogen) atoms. The number of aliphatic imine (C=N–C) groups is 1. The van der Waals surface area contributed by atoms with Gasteiger partial charge < -0.3 is 25.6 Å². The molecular weight excluding hydrogens is 397 g/mol. The highest BCUT2D eigenvalue weighted by Gasteiger charge is 2.34. The molecule has 1 unspecified atom stereocenters. The van der Waals surface area contributed by atoms with Crippen LogP contribution in [-0.2, 0) is 4.74 Å². The number of aliphatic hydroxyl groups is 2. The first-order valence-corrected chi connectivity index (χ1v) is 7.79. The standard InChI is InChI=1S/C15H31N3O3.HI/c1-4-16-13(17-9-14(2,3)11-20)18-10-15(5-7-19)6-8-21-12-15;/h19-20H,4-12H2,1-3H3,(H2,16,17,18);1H. The Labute approximate surface area is 151 Å². The number of hydrogen-bond acceptors (Lipinski definition) is 4. The van der Waals surface area contributed by atoms with Crippen molar-refractivity contribution in [3.8, 4) is 0 Å². The van der Waals surface area contributed by atoms with E-state index < -0.39 is 0 Å². The molecule has 0 aliphatic carbocycles. The van der Waals surface area contributed by atoms with E-state index in [0.717, 1.165) is 38.5 Å². The van der Waals surface area contributed by atoms with E-state index >= 15 is 0 Å². The number of rotatable bonds is 8. The zero-order valence-electron chi connectivity index (χ0n) is 14.0. The average molecular weight is 429 g/mol. The van der Waals surface area contributed by atoms with Crippen LogP contribution >= 0.6 is 24.0 Å². The lowest BCUT2D eigenvalue weighted by Crippen LogP contribution is -2.45. The molecule has 1 atom stereocenters. The number of aliphatic hydroxyl groups excluding tert-OH is 2. The summed E-state index contributed by atoms with van der Waals surface area (Å²) in [5, 5.41) is 25.1. The third kappa shape index (κ3) is 7.43. The summed E-state index contributed by atoms with van der Waals surface area (Å²) in [4.78, 5) is 4.54. The Kier molecular flexibility index (Phi) is 10.6. The molecule has 132 valence electrons. The fourth-order valence-corrected chi connectivity index (χ4v) is 2.27. The highest BCUT2D eigenvalue weighted by Crippen LogP contribution is 2.31. The molecule has 1 saturated heterocycles. The summed E-state index contributed by atoms with van der Waals surface area (Å²) in [6.07, 6.45) is 1.70. The van der Waals surface area contributed by atoms with E-state index in [2.05, 4.69) is 15.6 Å². The van der Waals surface area contributed by atoms with Crippen LogP contribution in [0.1, 0.15) is 33.6 Å². The molecule has 1 rings (SSSR count). The van der Waals surface area contributed by atoms with Gasteiger partial charge in [-0.3, -0.25) is 4.99 Å². The Hall–Kier alpha value is -0.120. The molecule has 1 aliphatic heterocycles. The van der Waals surface area contributed by atoms with Crippen molar-refractivity contribution in [1.29, 1.82) is 0 Å². The van der Waals surface area contributed by atoms with Crippen molar-refractivity contribution in [2.24, 2.45) is 15.8 Å². The lowest BCUT2D eigenvalue weighted by Gasteiger charge is -2.28. The van der Waals surface area contributed by atoms with Crippen LogP contribution in [0.5, 0.6) is 0 Å². The minimum Gasteiger partial charge on any atom is -0.396 e. The predicted octanol–water partition coefficient (Wildman–Crippen LogP) is 0.967. The van der Waals surface area contributed by atoms with Gasteiger partial charge in [0.15, 0.2) is 5.96 Å². The first-order valence-electron chi connectivity index (χ1n) is 7.79. The van der Waals surface area contributed by atoms with Gasteiger partial charge in [0.2, 0.25) is 0 Å². The van der Waals surface area contributed by atoms with E-state index in [0.29, 0.717) is 13.2 Å². The maximum absolute atomic E-state index is 9.30. The Balaban J connectivity index is 0.00000441. The van der Waals surface area contributed by atoms with E-state index in [9.17, 15) is 10.2 Å². The smallest absolute Gasteiger partial charge is 0.191 e. The molecule has 1 heterocycles. The zero-order chi connectivity index (χ0) is 15.8. The lowest BCUT2D eigenvalue weighted by atomic mass is 9.84. The summed E-state index contributed by atoms with van der Waals surface area (Å²) in [5.41, 5.74) is -0.223. The Morgan fingerprint density at radius 3 is 2.55 bits per heavy atom. The van der Waals surface area contributed by atoms with Gasteiger partial charge in [0.1, 0.15) is 0 Å². The van der Waals surface area contributed by atoms with Gasteiger partial charge in [-0.25, -0.2) is 0 Å². The first kappa shape index (κ1) is 21.9. The highest BCUT2D eigenvalue weighted by molar-refractivity contribution is 14.0. The van der Waals surface area contributed by atoms with Gasteiger partial charge in [-0.1, -0.05) is 13.8 Å².